The van der Waals surface area contributed by atoms with Crippen molar-refractivity contribution < 1.29 is 9.47 Å². The average Bonchev–Trinajstić information content (AvgIpc) is 2.79. The summed E-state index contributed by atoms with van der Waals surface area (Å²) < 4.78 is 11.1. The van der Waals surface area contributed by atoms with Gasteiger partial charge in [-0.15, -0.1) is 0 Å². The number of hydrogen-bond donors (Lipinski definition) is 0. The van der Waals surface area contributed by atoms with Gasteiger partial charge in [0.2, 0.25) is 5.95 Å². The zero-order chi connectivity index (χ0) is 21.1. The minimum absolute atomic E-state index is 0.128. The summed E-state index contributed by atoms with van der Waals surface area (Å²) in [4.78, 5) is 13.4. The maximum atomic E-state index is 5.61. The topological polar surface area (TPSA) is 50.7 Å². The summed E-state index contributed by atoms with van der Waals surface area (Å²) in [5.74, 6) is 2.26. The van der Waals surface area contributed by atoms with Crippen molar-refractivity contribution in [1.82, 2.24) is 14.9 Å². The number of rotatable bonds is 6. The molecule has 0 saturated carbocycles. The average molecular weight is 405 g/mol. The number of benzene rings is 2. The Bertz CT molecular complexity index is 990. The number of hydrogen-bond acceptors (Lipinski definition) is 6. The van der Waals surface area contributed by atoms with Gasteiger partial charge in [0.05, 0.1) is 20.3 Å². The van der Waals surface area contributed by atoms with E-state index in [0.717, 1.165) is 42.5 Å². The van der Waals surface area contributed by atoms with Crippen molar-refractivity contribution in [2.75, 3.05) is 39.8 Å². The standard InChI is InChI=1S/C24H28N4O2/c1-27(2)24-25-14-17(15-26-24)16-28-11-10-19-12-21(29-3)22(30-4)13-20(19)23(28)18-8-6-5-7-9-18/h5-9,12-15,23H,10-11,16H2,1-4H3. The molecule has 1 aromatic heterocycles. The van der Waals surface area contributed by atoms with Gasteiger partial charge in [-0.1, -0.05) is 30.3 Å². The molecule has 6 heteroatoms. The van der Waals surface area contributed by atoms with Crippen LogP contribution in [0.4, 0.5) is 5.95 Å². The van der Waals surface area contributed by atoms with Crippen LogP contribution in [0.2, 0.25) is 0 Å². The first kappa shape index (κ1) is 20.2. The van der Waals surface area contributed by atoms with Gasteiger partial charge >= 0.3 is 0 Å². The molecule has 1 unspecified atom stereocenters. The highest BCUT2D eigenvalue weighted by Gasteiger charge is 2.30. The number of aromatic nitrogens is 2. The van der Waals surface area contributed by atoms with E-state index in [-0.39, 0.29) is 6.04 Å². The van der Waals surface area contributed by atoms with Crippen LogP contribution in [-0.2, 0) is 13.0 Å². The summed E-state index contributed by atoms with van der Waals surface area (Å²) in [5, 5.41) is 0. The van der Waals surface area contributed by atoms with Gasteiger partial charge < -0.3 is 14.4 Å². The molecule has 0 spiro atoms. The van der Waals surface area contributed by atoms with Crippen LogP contribution in [0.3, 0.4) is 0 Å². The normalized spacial score (nSPS) is 16.1. The van der Waals surface area contributed by atoms with Gasteiger partial charge in [-0.3, -0.25) is 4.90 Å². The van der Waals surface area contributed by atoms with E-state index < -0.39 is 0 Å². The maximum Gasteiger partial charge on any atom is 0.224 e. The minimum Gasteiger partial charge on any atom is -0.493 e. The van der Waals surface area contributed by atoms with E-state index in [1.165, 1.54) is 16.7 Å². The molecular weight excluding hydrogens is 376 g/mol. The molecule has 1 aliphatic heterocycles. The van der Waals surface area contributed by atoms with E-state index >= 15 is 0 Å². The largest absolute Gasteiger partial charge is 0.493 e. The first-order valence-corrected chi connectivity index (χ1v) is 10.1. The summed E-state index contributed by atoms with van der Waals surface area (Å²) in [5.41, 5.74) is 4.93. The molecule has 0 N–H and O–H groups in total. The van der Waals surface area contributed by atoms with Gasteiger partial charge in [0.1, 0.15) is 0 Å². The van der Waals surface area contributed by atoms with E-state index in [1.807, 2.05) is 31.4 Å². The molecule has 2 heterocycles. The third kappa shape index (κ3) is 3.96. The quantitative estimate of drug-likeness (QED) is 0.624. The van der Waals surface area contributed by atoms with E-state index in [2.05, 4.69) is 57.3 Å². The van der Waals surface area contributed by atoms with Crippen molar-refractivity contribution in [3.05, 3.63) is 77.1 Å². The zero-order valence-corrected chi connectivity index (χ0v) is 18.0. The maximum absolute atomic E-state index is 5.61. The van der Waals surface area contributed by atoms with Gasteiger partial charge in [0.25, 0.3) is 0 Å². The van der Waals surface area contributed by atoms with E-state index in [1.54, 1.807) is 14.2 Å². The molecule has 156 valence electrons. The van der Waals surface area contributed by atoms with Crippen LogP contribution in [0.15, 0.2) is 54.9 Å². The van der Waals surface area contributed by atoms with Gasteiger partial charge in [0.15, 0.2) is 11.5 Å². The van der Waals surface area contributed by atoms with Crippen LogP contribution < -0.4 is 14.4 Å². The second-order valence-electron chi connectivity index (χ2n) is 7.73. The molecule has 3 aromatic rings. The first-order chi connectivity index (χ1) is 14.6. The zero-order valence-electron chi connectivity index (χ0n) is 18.0. The fraction of sp³-hybridized carbons (Fsp3) is 0.333. The lowest BCUT2D eigenvalue weighted by Gasteiger charge is -2.38. The Kier molecular flexibility index (Phi) is 5.86. The van der Waals surface area contributed by atoms with Crippen molar-refractivity contribution in [3.8, 4) is 11.5 Å². The van der Waals surface area contributed by atoms with E-state index in [0.29, 0.717) is 0 Å². The lowest BCUT2D eigenvalue weighted by atomic mass is 9.87. The molecule has 0 fully saturated rings. The summed E-state index contributed by atoms with van der Waals surface area (Å²) in [6.07, 6.45) is 4.80. The highest BCUT2D eigenvalue weighted by atomic mass is 16.5. The highest BCUT2D eigenvalue weighted by Crippen LogP contribution is 2.41. The smallest absolute Gasteiger partial charge is 0.224 e. The van der Waals surface area contributed by atoms with Gasteiger partial charge in [-0.2, -0.15) is 0 Å². The predicted octanol–water partition coefficient (Wildman–Crippen LogP) is 3.71. The molecule has 2 aromatic carbocycles. The SMILES string of the molecule is COc1cc2c(cc1OC)C(c1ccccc1)N(Cc1cnc(N(C)C)nc1)CC2. The Morgan fingerprint density at radius 1 is 1.00 bits per heavy atom. The van der Waals surface area contributed by atoms with Gasteiger partial charge in [0, 0.05) is 45.1 Å². The molecule has 0 aliphatic carbocycles. The molecule has 1 atom stereocenters. The monoisotopic (exact) mass is 404 g/mol. The lowest BCUT2D eigenvalue weighted by molar-refractivity contribution is 0.203. The molecule has 0 radical (unpaired) electrons. The number of nitrogens with zero attached hydrogens (tertiary/aromatic N) is 4. The molecular formula is C24H28N4O2. The minimum atomic E-state index is 0.128. The van der Waals surface area contributed by atoms with E-state index in [4.69, 9.17) is 9.47 Å². The third-order valence-corrected chi connectivity index (χ3v) is 5.57. The Hall–Kier alpha value is -3.12. The number of fused-ring (bicyclic) bond motifs is 1. The fourth-order valence-electron chi connectivity index (χ4n) is 4.09. The van der Waals surface area contributed by atoms with Crippen LogP contribution in [0, 0.1) is 0 Å². The van der Waals surface area contributed by atoms with Gasteiger partial charge in [-0.05, 0) is 35.2 Å². The van der Waals surface area contributed by atoms with Crippen molar-refractivity contribution in [3.63, 3.8) is 0 Å². The Labute approximate surface area is 178 Å². The highest BCUT2D eigenvalue weighted by molar-refractivity contribution is 5.51. The van der Waals surface area contributed by atoms with Crippen LogP contribution in [0.25, 0.3) is 0 Å². The number of methoxy groups -OCH3 is 2. The van der Waals surface area contributed by atoms with Crippen LogP contribution in [0.1, 0.15) is 28.3 Å². The Morgan fingerprint density at radius 2 is 1.67 bits per heavy atom. The van der Waals surface area contributed by atoms with Crippen LogP contribution >= 0.6 is 0 Å². The second kappa shape index (κ2) is 8.71. The second-order valence-corrected chi connectivity index (χ2v) is 7.73. The lowest BCUT2D eigenvalue weighted by Crippen LogP contribution is -2.35. The third-order valence-electron chi connectivity index (χ3n) is 5.57. The molecule has 1 aliphatic rings. The predicted molar refractivity (Wildman–Crippen MR) is 118 cm³/mol. The van der Waals surface area contributed by atoms with Crippen molar-refractivity contribution in [2.24, 2.45) is 0 Å². The first-order valence-electron chi connectivity index (χ1n) is 10.1. The molecule has 0 bridgehead atoms. The van der Waals surface area contributed by atoms with Crippen molar-refractivity contribution in [2.45, 2.75) is 19.0 Å². The Morgan fingerprint density at radius 3 is 2.30 bits per heavy atom. The number of anilines is 1. The van der Waals surface area contributed by atoms with Crippen LogP contribution in [0.5, 0.6) is 11.5 Å². The summed E-state index contributed by atoms with van der Waals surface area (Å²) in [6.45, 7) is 1.72. The van der Waals surface area contributed by atoms with Crippen molar-refractivity contribution in [1.29, 1.82) is 0 Å². The molecule has 0 saturated heterocycles. The fourth-order valence-corrected chi connectivity index (χ4v) is 4.09. The van der Waals surface area contributed by atoms with Crippen LogP contribution in [-0.4, -0.2) is 49.7 Å². The van der Waals surface area contributed by atoms with E-state index in [9.17, 15) is 0 Å². The summed E-state index contributed by atoms with van der Waals surface area (Å²) in [7, 11) is 7.27. The Balaban J connectivity index is 1.72. The molecule has 4 rings (SSSR count). The van der Waals surface area contributed by atoms with Gasteiger partial charge in [-0.25, -0.2) is 9.97 Å². The molecule has 6 nitrogen and oxygen atoms in total. The molecule has 0 amide bonds. The number of ether oxygens (including phenoxy) is 2. The molecule has 30 heavy (non-hydrogen) atoms. The summed E-state index contributed by atoms with van der Waals surface area (Å²) >= 11 is 0. The summed E-state index contributed by atoms with van der Waals surface area (Å²) in [6, 6.07) is 15.0. The van der Waals surface area contributed by atoms with Crippen molar-refractivity contribution >= 4 is 5.95 Å².